The Balaban J connectivity index is 4.68. The number of carboxylic acids is 1. The van der Waals surface area contributed by atoms with Crippen LogP contribution in [-0.2, 0) is 18.4 Å². The van der Waals surface area contributed by atoms with Gasteiger partial charge in [0.05, 0.1) is 19.6 Å². The van der Waals surface area contributed by atoms with Gasteiger partial charge in [0.1, 0.15) is 0 Å². The third-order valence-electron chi connectivity index (χ3n) is 1.60. The highest BCUT2D eigenvalue weighted by Gasteiger charge is 2.25. The second kappa shape index (κ2) is 6.77. The molecule has 0 bridgehead atoms. The van der Waals surface area contributed by atoms with Crippen molar-refractivity contribution in [2.45, 2.75) is 27.2 Å². The molecular weight excluding hydrogens is 219 g/mol. The third kappa shape index (κ3) is 5.11. The lowest BCUT2D eigenvalue weighted by atomic mass is 10.4. The lowest BCUT2D eigenvalue weighted by Crippen LogP contribution is -1.98. The lowest BCUT2D eigenvalue weighted by molar-refractivity contribution is -0.136. The summed E-state index contributed by atoms with van der Waals surface area (Å²) in [6.45, 7) is 5.48. The molecule has 6 heteroatoms. The van der Waals surface area contributed by atoms with E-state index in [0.717, 1.165) is 0 Å². The van der Waals surface area contributed by atoms with Gasteiger partial charge in [-0.1, -0.05) is 6.08 Å². The van der Waals surface area contributed by atoms with E-state index in [9.17, 15) is 9.36 Å². The van der Waals surface area contributed by atoms with Gasteiger partial charge in [-0.3, -0.25) is 9.36 Å². The third-order valence-corrected chi connectivity index (χ3v) is 3.84. The molecule has 0 aliphatic rings. The van der Waals surface area contributed by atoms with E-state index in [-0.39, 0.29) is 19.6 Å². The van der Waals surface area contributed by atoms with Gasteiger partial charge in [-0.25, -0.2) is 0 Å². The number of hydrogen-bond donors (Lipinski definition) is 1. The summed E-state index contributed by atoms with van der Waals surface area (Å²) in [4.78, 5) is 10.3. The zero-order valence-electron chi connectivity index (χ0n) is 9.23. The maximum atomic E-state index is 12.0. The fraction of sp³-hybridized carbons (Fsp3) is 0.667. The highest BCUT2D eigenvalue weighted by molar-refractivity contribution is 7.58. The highest BCUT2D eigenvalue weighted by Crippen LogP contribution is 2.55. The molecule has 0 atom stereocenters. The van der Waals surface area contributed by atoms with Crippen LogP contribution in [0, 0.1) is 0 Å². The molecule has 0 rings (SSSR count). The first kappa shape index (κ1) is 14.4. The number of hydrogen-bond acceptors (Lipinski definition) is 4. The minimum Gasteiger partial charge on any atom is -0.481 e. The van der Waals surface area contributed by atoms with E-state index >= 15 is 0 Å². The second-order valence-corrected chi connectivity index (χ2v) is 4.99. The molecular formula is C9H17O5P. The van der Waals surface area contributed by atoms with Crippen molar-refractivity contribution in [1.29, 1.82) is 0 Å². The molecule has 5 nitrogen and oxygen atoms in total. The van der Waals surface area contributed by atoms with Crippen LogP contribution in [0.25, 0.3) is 0 Å². The standard InChI is InChI=1S/C9H17O5P/c1-4-13-15(12,14-5-2)8(3)6-7-9(10)11/h6H,4-5,7H2,1-3H3,(H,10,11). The number of aliphatic carboxylic acids is 1. The first-order valence-corrected chi connectivity index (χ1v) is 6.28. The summed E-state index contributed by atoms with van der Waals surface area (Å²) in [6.07, 6.45) is 1.17. The Morgan fingerprint density at radius 1 is 1.33 bits per heavy atom. The van der Waals surface area contributed by atoms with Gasteiger partial charge < -0.3 is 14.2 Å². The molecule has 0 saturated carbocycles. The molecule has 0 heterocycles. The van der Waals surface area contributed by atoms with Crippen molar-refractivity contribution in [2.75, 3.05) is 13.2 Å². The van der Waals surface area contributed by atoms with E-state index in [1.54, 1.807) is 20.8 Å². The van der Waals surface area contributed by atoms with E-state index < -0.39 is 13.6 Å². The number of rotatable bonds is 7. The molecule has 15 heavy (non-hydrogen) atoms. The molecule has 1 N–H and O–H groups in total. The molecule has 0 radical (unpaired) electrons. The van der Waals surface area contributed by atoms with Crippen LogP contribution in [0.1, 0.15) is 27.2 Å². The summed E-state index contributed by atoms with van der Waals surface area (Å²) in [5, 5.41) is 8.81. The maximum absolute atomic E-state index is 12.0. The summed E-state index contributed by atoms with van der Waals surface area (Å²) in [5.41, 5.74) is 0. The average Bonchev–Trinajstić information content (AvgIpc) is 2.14. The number of carboxylic acid groups (broad SMARTS) is 1. The van der Waals surface area contributed by atoms with Gasteiger partial charge in [-0.2, -0.15) is 0 Å². The number of carbonyl (C=O) groups is 1. The van der Waals surface area contributed by atoms with E-state index in [1.807, 2.05) is 0 Å². The predicted octanol–water partition coefficient (Wildman–Crippen LogP) is 2.63. The Bertz CT molecular complexity index is 274. The molecule has 0 fully saturated rings. The van der Waals surface area contributed by atoms with E-state index in [4.69, 9.17) is 14.2 Å². The smallest absolute Gasteiger partial charge is 0.356 e. The minimum absolute atomic E-state index is 0.185. The van der Waals surface area contributed by atoms with Crippen LogP contribution in [0.4, 0.5) is 0 Å². The molecule has 0 aromatic rings. The van der Waals surface area contributed by atoms with Crippen LogP contribution < -0.4 is 0 Å². The first-order chi connectivity index (χ1) is 6.96. The Labute approximate surface area is 89.6 Å². The monoisotopic (exact) mass is 236 g/mol. The molecule has 0 aliphatic heterocycles. The Kier molecular flexibility index (Phi) is 6.48. The lowest BCUT2D eigenvalue weighted by Gasteiger charge is -2.17. The molecule has 0 aliphatic carbocycles. The van der Waals surface area contributed by atoms with Gasteiger partial charge in [0.25, 0.3) is 0 Å². The van der Waals surface area contributed by atoms with Crippen LogP contribution in [-0.4, -0.2) is 24.3 Å². The zero-order valence-corrected chi connectivity index (χ0v) is 10.1. The van der Waals surface area contributed by atoms with E-state index in [1.165, 1.54) is 6.08 Å². The fourth-order valence-corrected chi connectivity index (χ4v) is 2.40. The topological polar surface area (TPSA) is 72.8 Å². The maximum Gasteiger partial charge on any atom is 0.356 e. The fourth-order valence-electron chi connectivity index (χ4n) is 0.928. The average molecular weight is 236 g/mol. The summed E-state index contributed by atoms with van der Waals surface area (Å²) < 4.78 is 22.1. The Morgan fingerprint density at radius 2 is 1.80 bits per heavy atom. The molecule has 0 aromatic carbocycles. The molecule has 0 aromatic heterocycles. The highest BCUT2D eigenvalue weighted by atomic mass is 31.2. The molecule has 0 amide bonds. The van der Waals surface area contributed by atoms with Crippen molar-refractivity contribution in [3.63, 3.8) is 0 Å². The van der Waals surface area contributed by atoms with Crippen LogP contribution in [0.3, 0.4) is 0 Å². The van der Waals surface area contributed by atoms with Crippen molar-refractivity contribution in [3.05, 3.63) is 11.4 Å². The van der Waals surface area contributed by atoms with Crippen molar-refractivity contribution in [1.82, 2.24) is 0 Å². The van der Waals surface area contributed by atoms with Crippen LogP contribution in [0.5, 0.6) is 0 Å². The van der Waals surface area contributed by atoms with Crippen LogP contribution >= 0.6 is 7.60 Å². The molecule has 0 saturated heterocycles. The van der Waals surface area contributed by atoms with Crippen molar-refractivity contribution in [3.8, 4) is 0 Å². The summed E-state index contributed by atoms with van der Waals surface area (Å²) >= 11 is 0. The van der Waals surface area contributed by atoms with Gasteiger partial charge in [-0.15, -0.1) is 0 Å². The summed E-state index contributed by atoms with van der Waals surface area (Å²) in [5.74, 6) is -0.978. The van der Waals surface area contributed by atoms with Crippen molar-refractivity contribution >= 4 is 13.6 Å². The van der Waals surface area contributed by atoms with Crippen molar-refractivity contribution in [2.24, 2.45) is 0 Å². The minimum atomic E-state index is -3.27. The van der Waals surface area contributed by atoms with Crippen molar-refractivity contribution < 1.29 is 23.5 Å². The normalized spacial score (nSPS) is 12.9. The second-order valence-electron chi connectivity index (χ2n) is 2.78. The molecule has 0 spiro atoms. The largest absolute Gasteiger partial charge is 0.481 e. The van der Waals surface area contributed by atoms with Gasteiger partial charge in [-0.05, 0) is 20.8 Å². The molecule has 0 unspecified atom stereocenters. The van der Waals surface area contributed by atoms with E-state index in [2.05, 4.69) is 0 Å². The Hall–Kier alpha value is -0.640. The van der Waals surface area contributed by atoms with E-state index in [0.29, 0.717) is 5.31 Å². The summed E-state index contributed by atoms with van der Waals surface area (Å²) in [6, 6.07) is 0. The quantitative estimate of drug-likeness (QED) is 0.688. The van der Waals surface area contributed by atoms with Crippen LogP contribution in [0.15, 0.2) is 11.4 Å². The first-order valence-electron chi connectivity index (χ1n) is 4.74. The van der Waals surface area contributed by atoms with Gasteiger partial charge in [0, 0.05) is 5.31 Å². The zero-order chi connectivity index (χ0) is 11.9. The molecule has 88 valence electrons. The summed E-state index contributed by atoms with van der Waals surface area (Å²) in [7, 11) is -3.27. The Morgan fingerprint density at radius 3 is 2.13 bits per heavy atom. The van der Waals surface area contributed by atoms with Crippen LogP contribution in [0.2, 0.25) is 0 Å². The number of allylic oxidation sites excluding steroid dienone is 1. The SMILES string of the molecule is CCOP(=O)(OCC)C(C)=CCC(=O)O. The predicted molar refractivity (Wildman–Crippen MR) is 56.9 cm³/mol. The van der Waals surface area contributed by atoms with Gasteiger partial charge >= 0.3 is 13.6 Å². The van der Waals surface area contributed by atoms with Gasteiger partial charge in [0.2, 0.25) is 0 Å². The van der Waals surface area contributed by atoms with Gasteiger partial charge in [0.15, 0.2) is 0 Å².